The molecule has 4 aromatic heterocycles. The summed E-state index contributed by atoms with van der Waals surface area (Å²) < 4.78 is 25.9. The molecule has 146 heavy (non-hydrogen) atoms. The maximum atomic E-state index is 6.56. The molecule has 26 aromatic carbocycles. The second-order valence-corrected chi connectivity index (χ2v) is 40.1. The maximum absolute atomic E-state index is 6.56. The van der Waals surface area contributed by atoms with Gasteiger partial charge in [0.1, 0.15) is 44.7 Å². The predicted molar refractivity (Wildman–Crippen MR) is 607 cm³/mol. The van der Waals surface area contributed by atoms with E-state index in [4.69, 9.17) is 17.7 Å². The van der Waals surface area contributed by atoms with Crippen LogP contribution in [0.1, 0.15) is 44.5 Å². The summed E-state index contributed by atoms with van der Waals surface area (Å²) in [6.45, 7) is 0. The molecule has 0 saturated carbocycles. The number of hydrogen-bond acceptors (Lipinski definition) is 4. The fourth-order valence-electron chi connectivity index (χ4n) is 27.8. The Kier molecular flexibility index (Phi) is 16.3. The van der Waals surface area contributed by atoms with E-state index in [2.05, 4.69) is 473 Å². The average Bonchev–Trinajstić information content (AvgIpc) is 1.49. The van der Waals surface area contributed by atoms with Crippen LogP contribution in [0.5, 0.6) is 0 Å². The standard InChI is InChI=1S/2C71H40O2/c1-3-20-47-41(18-1)42-19-2-4-21-50(42)70-69(47)52-23-6-10-34-59(52)71(70)58-33-9-5-22-51(58)66-55(32-15-35-60(66)71)65-48-28-13-26-43(45-30-16-38-63-67(45)53-24-7-11-36-61(53)72-63)56(48)40-57-44(27-14-29-49(57)65)46-31-17-39-64-68(46)54-25-8-12-37-62(54)73-64;1-3-20-49-45(16-1)46-17-2-4-21-52(46)70-69(49)54-23-6-10-30-61(54)71(70)60-29-9-5-22-53(60)68-55(28-15-31-62(68)71)67-50-26-13-24-43(41-34-36-65-58(38-41)47-18-7-11-32-63(47)72-65)56(50)40-57-44(25-14-27-51(57)67)42-35-37-66-59(39-42)48-19-8-12-33-64(48)73-66/h2*1-40H. The van der Waals surface area contributed by atoms with Gasteiger partial charge in [0.25, 0.3) is 0 Å². The SMILES string of the molecule is c1ccc2c(c1)-c1c(-c3c4cccc(-c5ccc6oc7ccccc7c6c5)c4cc4c(-c5ccc6oc7ccccc7c6c5)cccc34)cccc1C21c2ccccc2-c2c1c1ccccc1c1ccccc21.c1ccc2c(c1)-c1c(-c3c4cccc(-c5cccc6oc7ccccc7c56)c4cc4c(-c5cccc6oc7ccccc7c56)cccc34)cccc1C21c2ccccc2-c2c1c1ccccc1c1ccccc21. The van der Waals surface area contributed by atoms with Crippen LogP contribution in [0.4, 0.5) is 0 Å². The molecular weight excluding hydrogens is 1770 g/mol. The number of rotatable bonds is 6. The molecule has 0 aliphatic heterocycles. The van der Waals surface area contributed by atoms with Gasteiger partial charge in [-0.25, -0.2) is 0 Å². The van der Waals surface area contributed by atoms with Crippen LogP contribution in [0.3, 0.4) is 0 Å². The highest BCUT2D eigenvalue weighted by molar-refractivity contribution is 6.29. The number of para-hydroxylation sites is 4. The summed E-state index contributed by atoms with van der Waals surface area (Å²) in [6, 6.07) is 180. The second kappa shape index (κ2) is 29.8. The van der Waals surface area contributed by atoms with Gasteiger partial charge in [0.05, 0.1) is 10.8 Å². The quantitative estimate of drug-likeness (QED) is 0.123. The molecule has 0 radical (unpaired) electrons. The summed E-state index contributed by atoms with van der Waals surface area (Å²) in [5.41, 5.74) is 41.4. The molecule has 2 unspecified atom stereocenters. The van der Waals surface area contributed by atoms with Gasteiger partial charge in [-0.1, -0.05) is 413 Å². The Bertz CT molecular complexity index is 10800. The summed E-state index contributed by atoms with van der Waals surface area (Å²) in [4.78, 5) is 0. The maximum Gasteiger partial charge on any atom is 0.136 e. The van der Waals surface area contributed by atoms with Crippen molar-refractivity contribution in [1.29, 1.82) is 0 Å². The van der Waals surface area contributed by atoms with Crippen molar-refractivity contribution >= 4 is 174 Å². The van der Waals surface area contributed by atoms with Crippen molar-refractivity contribution in [1.82, 2.24) is 0 Å². The van der Waals surface area contributed by atoms with E-state index in [1.165, 1.54) is 220 Å². The van der Waals surface area contributed by atoms with Crippen molar-refractivity contribution in [2.45, 2.75) is 10.8 Å². The molecular formula is C142H80O4. The first-order chi connectivity index (χ1) is 72.5. The van der Waals surface area contributed by atoms with Crippen molar-refractivity contribution in [3.05, 3.63) is 530 Å². The molecule has 0 bridgehead atoms. The summed E-state index contributed by atoms with van der Waals surface area (Å²) in [5, 5.41) is 28.9. The lowest BCUT2D eigenvalue weighted by atomic mass is 9.69. The van der Waals surface area contributed by atoms with E-state index in [0.29, 0.717) is 0 Å². The molecule has 4 nitrogen and oxygen atoms in total. The Hall–Kier alpha value is -19.0. The Morgan fingerprint density at radius 3 is 0.740 bits per heavy atom. The predicted octanol–water partition coefficient (Wildman–Crippen LogP) is 38.9. The van der Waals surface area contributed by atoms with Gasteiger partial charge in [0.2, 0.25) is 0 Å². The fraction of sp³-hybridized carbons (Fsp3) is 0.0141. The van der Waals surface area contributed by atoms with Gasteiger partial charge >= 0.3 is 0 Å². The molecule has 2 atom stereocenters. The molecule has 30 aromatic rings. The zero-order valence-electron chi connectivity index (χ0n) is 78.8. The van der Waals surface area contributed by atoms with Crippen molar-refractivity contribution in [3.63, 3.8) is 0 Å². The van der Waals surface area contributed by atoms with Crippen molar-refractivity contribution < 1.29 is 17.7 Å². The van der Waals surface area contributed by atoms with Crippen LogP contribution >= 0.6 is 0 Å². The van der Waals surface area contributed by atoms with Gasteiger partial charge in [-0.2, -0.15) is 0 Å². The van der Waals surface area contributed by atoms with Crippen LogP contribution in [-0.2, 0) is 10.8 Å². The first kappa shape index (κ1) is 79.8. The van der Waals surface area contributed by atoms with Crippen molar-refractivity contribution in [2.75, 3.05) is 0 Å². The molecule has 0 fully saturated rings. The van der Waals surface area contributed by atoms with Crippen LogP contribution in [0.25, 0.3) is 285 Å². The highest BCUT2D eigenvalue weighted by Gasteiger charge is 2.56. The Labute approximate surface area is 837 Å². The fourth-order valence-corrected chi connectivity index (χ4v) is 27.8. The van der Waals surface area contributed by atoms with Gasteiger partial charge in [-0.05, 0) is 315 Å². The minimum absolute atomic E-state index is 0.570. The van der Waals surface area contributed by atoms with Crippen LogP contribution in [0.2, 0.25) is 0 Å². The monoisotopic (exact) mass is 1850 g/mol. The van der Waals surface area contributed by atoms with Crippen LogP contribution < -0.4 is 0 Å². The molecule has 0 saturated heterocycles. The lowest BCUT2D eigenvalue weighted by Gasteiger charge is -2.32. The minimum atomic E-state index is -0.579. The van der Waals surface area contributed by atoms with E-state index in [1.54, 1.807) is 0 Å². The van der Waals surface area contributed by atoms with E-state index < -0.39 is 10.8 Å². The zero-order chi connectivity index (χ0) is 95.0. The molecule has 34 rings (SSSR count). The van der Waals surface area contributed by atoms with Gasteiger partial charge in [-0.3, -0.25) is 0 Å². The van der Waals surface area contributed by atoms with Gasteiger partial charge < -0.3 is 17.7 Å². The molecule has 672 valence electrons. The van der Waals surface area contributed by atoms with E-state index in [9.17, 15) is 0 Å². The van der Waals surface area contributed by atoms with E-state index in [1.807, 2.05) is 12.1 Å². The zero-order valence-corrected chi connectivity index (χ0v) is 78.8. The number of fused-ring (bicyclic) bond motifs is 46. The van der Waals surface area contributed by atoms with Crippen molar-refractivity contribution in [3.8, 4) is 111 Å². The molecule has 0 amide bonds. The highest BCUT2D eigenvalue weighted by Crippen LogP contribution is 2.70. The molecule has 4 heteroatoms. The topological polar surface area (TPSA) is 52.6 Å². The van der Waals surface area contributed by atoms with Crippen LogP contribution in [0, 0.1) is 0 Å². The molecule has 4 heterocycles. The molecule has 4 aliphatic rings. The Morgan fingerprint density at radius 1 is 0.116 bits per heavy atom. The summed E-state index contributed by atoms with van der Waals surface area (Å²) >= 11 is 0. The summed E-state index contributed by atoms with van der Waals surface area (Å²) in [7, 11) is 0. The summed E-state index contributed by atoms with van der Waals surface area (Å²) in [6.07, 6.45) is 0. The molecule has 0 N–H and O–H groups in total. The first-order valence-corrected chi connectivity index (χ1v) is 50.6. The van der Waals surface area contributed by atoms with Crippen LogP contribution in [-0.4, -0.2) is 0 Å². The third kappa shape index (κ3) is 10.5. The Morgan fingerprint density at radius 2 is 0.349 bits per heavy atom. The van der Waals surface area contributed by atoms with E-state index in [-0.39, 0.29) is 0 Å². The lowest BCUT2D eigenvalue weighted by Crippen LogP contribution is -2.26. The van der Waals surface area contributed by atoms with Gasteiger partial charge in [-0.15, -0.1) is 0 Å². The normalized spacial score (nSPS) is 14.6. The highest BCUT2D eigenvalue weighted by atomic mass is 16.3. The summed E-state index contributed by atoms with van der Waals surface area (Å²) in [5.74, 6) is 0. The van der Waals surface area contributed by atoms with Crippen molar-refractivity contribution in [2.24, 2.45) is 0 Å². The number of benzene rings is 26. The smallest absolute Gasteiger partial charge is 0.136 e. The number of hydrogen-bond donors (Lipinski definition) is 0. The lowest BCUT2D eigenvalue weighted by molar-refractivity contribution is 0.668. The van der Waals surface area contributed by atoms with Crippen LogP contribution in [0.15, 0.2) is 503 Å². The molecule has 2 spiro atoms. The number of furan rings is 4. The van der Waals surface area contributed by atoms with E-state index >= 15 is 0 Å². The largest absolute Gasteiger partial charge is 0.456 e. The minimum Gasteiger partial charge on any atom is -0.456 e. The van der Waals surface area contributed by atoms with Gasteiger partial charge in [0.15, 0.2) is 0 Å². The third-order valence-corrected chi connectivity index (χ3v) is 33.3. The second-order valence-electron chi connectivity index (χ2n) is 40.1. The third-order valence-electron chi connectivity index (χ3n) is 33.3. The average molecular weight is 1850 g/mol. The Balaban J connectivity index is 0.000000128. The van der Waals surface area contributed by atoms with E-state index in [0.717, 1.165) is 110 Å². The van der Waals surface area contributed by atoms with Gasteiger partial charge in [0, 0.05) is 43.1 Å². The first-order valence-electron chi connectivity index (χ1n) is 50.6. The molecule has 4 aliphatic carbocycles.